The summed E-state index contributed by atoms with van der Waals surface area (Å²) in [5, 5.41) is -0.174. The smallest absolute Gasteiger partial charge is 0.267 e. The highest BCUT2D eigenvalue weighted by Gasteiger charge is 2.35. The number of sulfonamides is 1. The molecule has 2 aliphatic carbocycles. The van der Waals surface area contributed by atoms with E-state index in [2.05, 4.69) is 9.62 Å². The van der Waals surface area contributed by atoms with Gasteiger partial charge in [-0.2, -0.15) is 0 Å². The fourth-order valence-electron chi connectivity index (χ4n) is 5.06. The van der Waals surface area contributed by atoms with Crippen LogP contribution in [0, 0.1) is 17.6 Å². The van der Waals surface area contributed by atoms with Gasteiger partial charge in [0.2, 0.25) is 10.0 Å². The molecular weight excluding hydrogens is 522 g/mol. The molecule has 2 aromatic rings. The molecule has 3 aliphatic rings. The van der Waals surface area contributed by atoms with E-state index in [0.717, 1.165) is 56.3 Å². The molecule has 2 aromatic carbocycles. The number of likely N-dealkylation sites (tertiary alicyclic amines) is 1. The number of hydrogen-bond acceptors (Lipinski definition) is 5. The number of carbonyl (C=O) groups excluding carboxylic acids is 1. The molecule has 6 nitrogen and oxygen atoms in total. The van der Waals surface area contributed by atoms with E-state index in [-0.39, 0.29) is 23.2 Å². The second kappa shape index (κ2) is 10.9. The minimum absolute atomic E-state index is 0.175. The maximum Gasteiger partial charge on any atom is 0.267 e. The molecule has 0 spiro atoms. The Hall–Kier alpha value is -2.23. The predicted octanol–water partition coefficient (Wildman–Crippen LogP) is 5.40. The van der Waals surface area contributed by atoms with Crippen molar-refractivity contribution < 1.29 is 26.7 Å². The summed E-state index contributed by atoms with van der Waals surface area (Å²) in [5.74, 6) is -1.28. The van der Waals surface area contributed by atoms with E-state index >= 15 is 0 Å². The van der Waals surface area contributed by atoms with E-state index in [9.17, 15) is 22.0 Å². The van der Waals surface area contributed by atoms with Crippen LogP contribution in [0.5, 0.6) is 5.75 Å². The molecule has 1 amide bonds. The highest BCUT2D eigenvalue weighted by atomic mass is 35.5. The molecule has 0 bridgehead atoms. The van der Waals surface area contributed by atoms with Crippen LogP contribution in [0.25, 0.3) is 0 Å². The molecule has 0 aromatic heterocycles. The summed E-state index contributed by atoms with van der Waals surface area (Å²) >= 11 is 6.20. The van der Waals surface area contributed by atoms with Gasteiger partial charge in [-0.25, -0.2) is 21.9 Å². The minimum Gasteiger partial charge on any atom is -0.493 e. The van der Waals surface area contributed by atoms with Crippen molar-refractivity contribution in [1.29, 1.82) is 0 Å². The van der Waals surface area contributed by atoms with Crippen molar-refractivity contribution in [2.45, 2.75) is 62.7 Å². The van der Waals surface area contributed by atoms with Gasteiger partial charge in [-0.05, 0) is 80.3 Å². The summed E-state index contributed by atoms with van der Waals surface area (Å²) in [6, 6.07) is 7.11. The number of nitrogens with zero attached hydrogens (tertiary/aromatic N) is 1. The van der Waals surface area contributed by atoms with Crippen molar-refractivity contribution in [3.63, 3.8) is 0 Å². The first-order valence-corrected chi connectivity index (χ1v) is 14.8. The molecule has 0 radical (unpaired) electrons. The standard InChI is InChI=1S/C27H31ClF2N2O4S/c28-24-11-20(29)9-8-19(24)15-32-10-2-3-17(14-32)16-36-26-13-25(30)23(12-22(26)18-6-7-18)27(33)31-37(34,35)21-4-1-5-21/h8-9,11-13,17-18,21H,1-7,10,14-16H2,(H,31,33)/t17-/m0/s1. The lowest BCUT2D eigenvalue weighted by Gasteiger charge is -2.33. The fraction of sp³-hybridized carbons (Fsp3) is 0.519. The number of amides is 1. The highest BCUT2D eigenvalue weighted by molar-refractivity contribution is 7.90. The Balaban J connectivity index is 1.24. The van der Waals surface area contributed by atoms with Gasteiger partial charge < -0.3 is 4.74 Å². The Labute approximate surface area is 221 Å². The van der Waals surface area contributed by atoms with Gasteiger partial charge in [-0.15, -0.1) is 0 Å². The van der Waals surface area contributed by atoms with Gasteiger partial charge in [0.05, 0.1) is 17.4 Å². The van der Waals surface area contributed by atoms with Gasteiger partial charge in [0.25, 0.3) is 5.91 Å². The molecule has 37 heavy (non-hydrogen) atoms. The van der Waals surface area contributed by atoms with Gasteiger partial charge in [0.1, 0.15) is 17.4 Å². The first kappa shape index (κ1) is 26.4. The van der Waals surface area contributed by atoms with Crippen LogP contribution in [0.2, 0.25) is 5.02 Å². The average molecular weight is 553 g/mol. The van der Waals surface area contributed by atoms with E-state index in [0.29, 0.717) is 36.8 Å². The Morgan fingerprint density at radius 3 is 2.54 bits per heavy atom. The molecule has 5 rings (SSSR count). The highest BCUT2D eigenvalue weighted by Crippen LogP contribution is 2.45. The first-order chi connectivity index (χ1) is 17.7. The van der Waals surface area contributed by atoms with Gasteiger partial charge in [-0.1, -0.05) is 24.1 Å². The van der Waals surface area contributed by atoms with Crippen molar-refractivity contribution >= 4 is 27.5 Å². The maximum atomic E-state index is 15.0. The second-order valence-corrected chi connectivity index (χ2v) is 12.8. The van der Waals surface area contributed by atoms with Gasteiger partial charge in [0, 0.05) is 30.1 Å². The molecule has 2 saturated carbocycles. The zero-order chi connectivity index (χ0) is 26.2. The number of rotatable bonds is 9. The van der Waals surface area contributed by atoms with Gasteiger partial charge >= 0.3 is 0 Å². The van der Waals surface area contributed by atoms with Gasteiger partial charge in [0.15, 0.2) is 0 Å². The molecule has 3 fully saturated rings. The third-order valence-corrected chi connectivity index (χ3v) is 9.74. The molecule has 1 heterocycles. The summed E-state index contributed by atoms with van der Waals surface area (Å²) in [6.07, 6.45) is 5.62. The molecular formula is C27H31ClF2N2O4S. The molecule has 200 valence electrons. The lowest BCUT2D eigenvalue weighted by molar-refractivity contribution is 0.0976. The van der Waals surface area contributed by atoms with Crippen LogP contribution in [0.1, 0.15) is 72.3 Å². The summed E-state index contributed by atoms with van der Waals surface area (Å²) in [6.45, 7) is 2.69. The Kier molecular flexibility index (Phi) is 7.75. The van der Waals surface area contributed by atoms with Crippen LogP contribution >= 0.6 is 11.6 Å². The molecule has 10 heteroatoms. The zero-order valence-electron chi connectivity index (χ0n) is 20.5. The van der Waals surface area contributed by atoms with Crippen molar-refractivity contribution in [1.82, 2.24) is 9.62 Å². The summed E-state index contributed by atoms with van der Waals surface area (Å²) in [7, 11) is -3.80. The fourth-order valence-corrected chi connectivity index (χ4v) is 6.78. The van der Waals surface area contributed by atoms with E-state index in [1.165, 1.54) is 24.3 Å². The summed E-state index contributed by atoms with van der Waals surface area (Å²) < 4.78 is 61.2. The largest absolute Gasteiger partial charge is 0.493 e. The van der Waals surface area contributed by atoms with Crippen molar-refractivity contribution in [2.24, 2.45) is 5.92 Å². The third-order valence-electron chi connectivity index (χ3n) is 7.57. The number of halogens is 3. The third kappa shape index (κ3) is 6.26. The number of nitrogens with one attached hydrogen (secondary N) is 1. The summed E-state index contributed by atoms with van der Waals surface area (Å²) in [5.41, 5.74) is 1.35. The normalized spacial score (nSPS) is 20.9. The maximum absolute atomic E-state index is 15.0. The van der Waals surface area contributed by atoms with Crippen LogP contribution in [-0.2, 0) is 16.6 Å². The lowest BCUT2D eigenvalue weighted by Crippen LogP contribution is -2.41. The Morgan fingerprint density at radius 1 is 1.08 bits per heavy atom. The molecule has 1 aliphatic heterocycles. The van der Waals surface area contributed by atoms with Crippen LogP contribution in [-0.4, -0.2) is 44.2 Å². The number of benzene rings is 2. The molecule has 0 unspecified atom stereocenters. The van der Waals surface area contributed by atoms with E-state index in [1.807, 2.05) is 0 Å². The Bertz CT molecular complexity index is 1280. The average Bonchev–Trinajstić information content (AvgIpc) is 3.63. The van der Waals surface area contributed by atoms with Crippen molar-refractivity contribution in [3.05, 3.63) is 63.7 Å². The Morgan fingerprint density at radius 2 is 1.86 bits per heavy atom. The van der Waals surface area contributed by atoms with E-state index in [1.54, 1.807) is 6.07 Å². The van der Waals surface area contributed by atoms with Crippen LogP contribution < -0.4 is 9.46 Å². The molecule has 1 atom stereocenters. The number of carbonyl (C=O) groups is 1. The van der Waals surface area contributed by atoms with Crippen molar-refractivity contribution in [3.8, 4) is 5.75 Å². The van der Waals surface area contributed by atoms with Crippen LogP contribution in [0.4, 0.5) is 8.78 Å². The van der Waals surface area contributed by atoms with Gasteiger partial charge in [-0.3, -0.25) is 9.69 Å². The van der Waals surface area contributed by atoms with E-state index in [4.69, 9.17) is 16.3 Å². The first-order valence-electron chi connectivity index (χ1n) is 12.9. The zero-order valence-corrected chi connectivity index (χ0v) is 22.1. The van der Waals surface area contributed by atoms with E-state index < -0.39 is 27.0 Å². The monoisotopic (exact) mass is 552 g/mol. The predicted molar refractivity (Wildman–Crippen MR) is 137 cm³/mol. The van der Waals surface area contributed by atoms with Crippen LogP contribution in [0.3, 0.4) is 0 Å². The second-order valence-electron chi connectivity index (χ2n) is 10.5. The number of piperidine rings is 1. The lowest BCUT2D eigenvalue weighted by atomic mass is 9.98. The topological polar surface area (TPSA) is 75.7 Å². The van der Waals surface area contributed by atoms with Crippen LogP contribution in [0.15, 0.2) is 30.3 Å². The SMILES string of the molecule is O=C(NS(=O)(=O)C1CCC1)c1cc(C2CC2)c(OC[C@H]2CCCN(Cc3ccc(F)cc3Cl)C2)cc1F. The van der Waals surface area contributed by atoms with Crippen molar-refractivity contribution in [2.75, 3.05) is 19.7 Å². The minimum atomic E-state index is -3.80. The summed E-state index contributed by atoms with van der Waals surface area (Å²) in [4.78, 5) is 14.9. The number of ether oxygens (including phenoxy) is 1. The molecule has 1 N–H and O–H groups in total. The quantitative estimate of drug-likeness (QED) is 0.451. The molecule has 1 saturated heterocycles. The number of hydrogen-bond donors (Lipinski definition) is 1.